The Kier molecular flexibility index (Phi) is 8.11. The summed E-state index contributed by atoms with van der Waals surface area (Å²) in [5, 5.41) is 5.51. The van der Waals surface area contributed by atoms with Crippen LogP contribution in [0, 0.1) is 5.41 Å². The Morgan fingerprint density at radius 3 is 2.20 bits per heavy atom. The van der Waals surface area contributed by atoms with Gasteiger partial charge in [-0.2, -0.15) is 0 Å². The van der Waals surface area contributed by atoms with E-state index in [4.69, 9.17) is 4.74 Å². The van der Waals surface area contributed by atoms with E-state index in [0.717, 1.165) is 19.3 Å². The zero-order chi connectivity index (χ0) is 18.9. The van der Waals surface area contributed by atoms with Crippen molar-refractivity contribution in [2.45, 2.75) is 47.0 Å². The number of hydrogen-bond donors (Lipinski definition) is 2. The van der Waals surface area contributed by atoms with Crippen LogP contribution in [0.4, 0.5) is 5.69 Å². The molecule has 1 aromatic rings. The van der Waals surface area contributed by atoms with Crippen molar-refractivity contribution in [3.63, 3.8) is 0 Å². The largest absolute Gasteiger partial charge is 0.462 e. The van der Waals surface area contributed by atoms with Gasteiger partial charge in [-0.15, -0.1) is 0 Å². The summed E-state index contributed by atoms with van der Waals surface area (Å²) in [7, 11) is 0. The van der Waals surface area contributed by atoms with Crippen molar-refractivity contribution in [2.75, 3.05) is 18.5 Å². The van der Waals surface area contributed by atoms with Crippen molar-refractivity contribution < 1.29 is 19.1 Å². The quantitative estimate of drug-likeness (QED) is 0.408. The molecule has 0 aliphatic heterocycles. The fraction of sp³-hybridized carbons (Fsp3) is 0.526. The summed E-state index contributed by atoms with van der Waals surface area (Å²) in [5.41, 5.74) is -0.260. The van der Waals surface area contributed by atoms with Crippen LogP contribution in [0.1, 0.15) is 57.3 Å². The Labute approximate surface area is 149 Å². The monoisotopic (exact) mass is 348 g/mol. The average molecular weight is 348 g/mol. The lowest BCUT2D eigenvalue weighted by Gasteiger charge is -2.22. The molecule has 0 aliphatic rings. The second-order valence-corrected chi connectivity index (χ2v) is 6.34. The molecular formula is C19H28N2O4. The van der Waals surface area contributed by atoms with Crippen LogP contribution in [0.15, 0.2) is 24.3 Å². The molecule has 2 N–H and O–H groups in total. The minimum Gasteiger partial charge on any atom is -0.462 e. The van der Waals surface area contributed by atoms with Gasteiger partial charge in [-0.3, -0.25) is 9.59 Å². The van der Waals surface area contributed by atoms with Crippen molar-refractivity contribution in [3.8, 4) is 0 Å². The van der Waals surface area contributed by atoms with E-state index in [-0.39, 0.29) is 5.91 Å². The molecule has 1 rings (SSSR count). The number of nitrogens with one attached hydrogen (secondary N) is 2. The number of carbonyl (C=O) groups is 3. The summed E-state index contributed by atoms with van der Waals surface area (Å²) in [6.07, 6.45) is 3.01. The Morgan fingerprint density at radius 2 is 1.64 bits per heavy atom. The summed E-state index contributed by atoms with van der Waals surface area (Å²) in [6, 6.07) is 6.37. The first-order chi connectivity index (χ1) is 11.8. The molecule has 0 radical (unpaired) electrons. The van der Waals surface area contributed by atoms with E-state index in [0.29, 0.717) is 24.4 Å². The Morgan fingerprint density at radius 1 is 1.00 bits per heavy atom. The molecule has 6 nitrogen and oxygen atoms in total. The summed E-state index contributed by atoms with van der Waals surface area (Å²) in [5.74, 6) is -1.11. The van der Waals surface area contributed by atoms with E-state index in [1.807, 2.05) is 0 Å². The van der Waals surface area contributed by atoms with Gasteiger partial charge in [0.05, 0.1) is 12.2 Å². The first kappa shape index (κ1) is 20.7. The average Bonchev–Trinajstić information content (AvgIpc) is 2.59. The predicted octanol–water partition coefficient (Wildman–Crippen LogP) is 3.13. The molecule has 0 aliphatic carbocycles. The van der Waals surface area contributed by atoms with E-state index in [2.05, 4.69) is 17.6 Å². The molecule has 0 heterocycles. The highest BCUT2D eigenvalue weighted by atomic mass is 16.5. The van der Waals surface area contributed by atoms with Gasteiger partial charge in [-0.05, 0) is 51.5 Å². The molecule has 0 fully saturated rings. The van der Waals surface area contributed by atoms with E-state index in [1.54, 1.807) is 45.0 Å². The van der Waals surface area contributed by atoms with Gasteiger partial charge in [0, 0.05) is 12.2 Å². The fourth-order valence-electron chi connectivity index (χ4n) is 2.09. The van der Waals surface area contributed by atoms with E-state index in [1.165, 1.54) is 0 Å². The van der Waals surface area contributed by atoms with Gasteiger partial charge in [0.25, 0.3) is 0 Å². The molecule has 0 atom stereocenters. The van der Waals surface area contributed by atoms with Crippen LogP contribution >= 0.6 is 0 Å². The van der Waals surface area contributed by atoms with Crippen molar-refractivity contribution in [2.24, 2.45) is 5.41 Å². The molecule has 6 heteroatoms. The van der Waals surface area contributed by atoms with Crippen LogP contribution in [-0.4, -0.2) is 30.9 Å². The smallest absolute Gasteiger partial charge is 0.338 e. The molecule has 2 amide bonds. The first-order valence-corrected chi connectivity index (χ1v) is 8.69. The standard InChI is InChI=1S/C19H28N2O4/c1-5-7-8-13-20-17(23)19(3,4)18(24)21-15-11-9-14(10-12-15)16(22)25-6-2/h9-12H,5-8,13H2,1-4H3,(H,20,23)(H,21,24). The topological polar surface area (TPSA) is 84.5 Å². The lowest BCUT2D eigenvalue weighted by atomic mass is 9.91. The van der Waals surface area contributed by atoms with Gasteiger partial charge in [-0.25, -0.2) is 4.79 Å². The second kappa shape index (κ2) is 9.81. The van der Waals surface area contributed by atoms with Crippen molar-refractivity contribution >= 4 is 23.5 Å². The summed E-state index contributed by atoms with van der Waals surface area (Å²) in [4.78, 5) is 36.3. The van der Waals surface area contributed by atoms with Crippen LogP contribution in [0.25, 0.3) is 0 Å². The Bertz CT molecular complexity index is 594. The lowest BCUT2D eigenvalue weighted by Crippen LogP contribution is -2.45. The highest BCUT2D eigenvalue weighted by molar-refractivity contribution is 6.09. The number of hydrogen-bond acceptors (Lipinski definition) is 4. The number of anilines is 1. The van der Waals surface area contributed by atoms with Crippen molar-refractivity contribution in [1.29, 1.82) is 0 Å². The molecule has 0 unspecified atom stereocenters. The summed E-state index contributed by atoms with van der Waals surface area (Å²) < 4.78 is 4.91. The van der Waals surface area contributed by atoms with Gasteiger partial charge in [0.2, 0.25) is 11.8 Å². The van der Waals surface area contributed by atoms with Gasteiger partial charge in [-0.1, -0.05) is 19.8 Å². The molecule has 0 bridgehead atoms. The molecule has 138 valence electrons. The van der Waals surface area contributed by atoms with Gasteiger partial charge in [0.1, 0.15) is 5.41 Å². The number of amides is 2. The maximum absolute atomic E-state index is 12.4. The zero-order valence-electron chi connectivity index (χ0n) is 15.5. The Balaban J connectivity index is 2.64. The van der Waals surface area contributed by atoms with E-state index < -0.39 is 17.3 Å². The lowest BCUT2D eigenvalue weighted by molar-refractivity contribution is -0.138. The van der Waals surface area contributed by atoms with Crippen LogP contribution in [0.3, 0.4) is 0 Å². The molecule has 0 aromatic heterocycles. The van der Waals surface area contributed by atoms with Crippen LogP contribution < -0.4 is 10.6 Å². The zero-order valence-corrected chi connectivity index (χ0v) is 15.5. The summed E-state index contributed by atoms with van der Waals surface area (Å²) in [6.45, 7) is 7.87. The normalized spacial score (nSPS) is 10.9. The molecule has 25 heavy (non-hydrogen) atoms. The van der Waals surface area contributed by atoms with Crippen LogP contribution in [-0.2, 0) is 14.3 Å². The summed E-state index contributed by atoms with van der Waals surface area (Å²) >= 11 is 0. The molecule has 0 saturated carbocycles. The molecular weight excluding hydrogens is 320 g/mol. The number of ether oxygens (including phenoxy) is 1. The highest BCUT2D eigenvalue weighted by Crippen LogP contribution is 2.19. The van der Waals surface area contributed by atoms with Crippen molar-refractivity contribution in [1.82, 2.24) is 5.32 Å². The van der Waals surface area contributed by atoms with Gasteiger partial charge >= 0.3 is 5.97 Å². The SMILES string of the molecule is CCCCCNC(=O)C(C)(C)C(=O)Nc1ccc(C(=O)OCC)cc1. The maximum Gasteiger partial charge on any atom is 0.338 e. The predicted molar refractivity (Wildman–Crippen MR) is 97.3 cm³/mol. The molecule has 0 spiro atoms. The van der Waals surface area contributed by atoms with Crippen LogP contribution in [0.5, 0.6) is 0 Å². The number of rotatable bonds is 9. The minimum absolute atomic E-state index is 0.302. The van der Waals surface area contributed by atoms with Crippen molar-refractivity contribution in [3.05, 3.63) is 29.8 Å². The molecule has 0 saturated heterocycles. The van der Waals surface area contributed by atoms with Gasteiger partial charge in [0.15, 0.2) is 0 Å². The van der Waals surface area contributed by atoms with E-state index in [9.17, 15) is 14.4 Å². The second-order valence-electron chi connectivity index (χ2n) is 6.34. The number of esters is 1. The highest BCUT2D eigenvalue weighted by Gasteiger charge is 2.35. The molecule has 1 aromatic carbocycles. The third-order valence-corrected chi connectivity index (χ3v) is 3.86. The van der Waals surface area contributed by atoms with Crippen LogP contribution in [0.2, 0.25) is 0 Å². The third-order valence-electron chi connectivity index (χ3n) is 3.86. The fourth-order valence-corrected chi connectivity index (χ4v) is 2.09. The number of unbranched alkanes of at least 4 members (excludes halogenated alkanes) is 2. The third kappa shape index (κ3) is 6.21. The first-order valence-electron chi connectivity index (χ1n) is 8.69. The van der Waals surface area contributed by atoms with E-state index >= 15 is 0 Å². The minimum atomic E-state index is -1.19. The number of benzene rings is 1. The van der Waals surface area contributed by atoms with Gasteiger partial charge < -0.3 is 15.4 Å². The Hall–Kier alpha value is -2.37. The number of carbonyl (C=O) groups excluding carboxylic acids is 3. The maximum atomic E-state index is 12.4.